The first-order chi connectivity index (χ1) is 10.3. The van der Waals surface area contributed by atoms with Gasteiger partial charge in [0.25, 0.3) is 0 Å². The Bertz CT molecular complexity index is 513. The first-order valence-electron chi connectivity index (χ1n) is 7.94. The van der Waals surface area contributed by atoms with Crippen LogP contribution >= 0.6 is 0 Å². The monoisotopic (exact) mass is 289 g/mol. The Hall–Kier alpha value is -1.55. The third-order valence-electron chi connectivity index (χ3n) is 4.24. The summed E-state index contributed by atoms with van der Waals surface area (Å²) in [7, 11) is 0. The third kappa shape index (κ3) is 3.21. The number of rotatable bonds is 4. The Morgan fingerprint density at radius 2 is 2.10 bits per heavy atom. The number of Topliss-reactive ketones (excluding diaryl/α,β-unsaturated/α-hetero) is 1. The maximum absolute atomic E-state index is 12.7. The highest BCUT2D eigenvalue weighted by Gasteiger charge is 2.27. The summed E-state index contributed by atoms with van der Waals surface area (Å²) in [5.74, 6) is 1.81. The van der Waals surface area contributed by atoms with Crippen molar-refractivity contribution in [3.8, 4) is 11.5 Å². The molecule has 2 heterocycles. The minimum Gasteiger partial charge on any atom is -0.486 e. The molecule has 0 aromatic heterocycles. The quantitative estimate of drug-likeness (QED) is 0.799. The Balaban J connectivity index is 1.72. The molecule has 21 heavy (non-hydrogen) atoms. The van der Waals surface area contributed by atoms with Crippen LogP contribution in [0.3, 0.4) is 0 Å². The molecular weight excluding hydrogens is 266 g/mol. The van der Waals surface area contributed by atoms with Crippen LogP contribution in [0.1, 0.15) is 36.5 Å². The zero-order chi connectivity index (χ0) is 14.7. The van der Waals surface area contributed by atoms with E-state index in [1.54, 1.807) is 0 Å². The van der Waals surface area contributed by atoms with Gasteiger partial charge in [0.05, 0.1) is 0 Å². The SMILES string of the molecule is CCCN1CCCC(C(=O)c2ccc3c(c2)OCCO3)C1. The Morgan fingerprint density at radius 3 is 2.90 bits per heavy atom. The lowest BCUT2D eigenvalue weighted by Gasteiger charge is -2.31. The molecule has 1 aromatic carbocycles. The molecule has 0 spiro atoms. The fourth-order valence-corrected chi connectivity index (χ4v) is 3.22. The lowest BCUT2D eigenvalue weighted by atomic mass is 9.89. The van der Waals surface area contributed by atoms with Gasteiger partial charge in [-0.25, -0.2) is 0 Å². The standard InChI is InChI=1S/C17H23NO3/c1-2-7-18-8-3-4-14(12-18)17(19)13-5-6-15-16(11-13)21-10-9-20-15/h5-6,11,14H,2-4,7-10,12H2,1H3. The summed E-state index contributed by atoms with van der Waals surface area (Å²) in [6.45, 7) is 6.42. The zero-order valence-electron chi connectivity index (χ0n) is 12.6. The molecule has 114 valence electrons. The van der Waals surface area contributed by atoms with Gasteiger partial charge in [-0.1, -0.05) is 6.92 Å². The van der Waals surface area contributed by atoms with Crippen LogP contribution in [0.15, 0.2) is 18.2 Å². The molecule has 0 aliphatic carbocycles. The molecule has 4 nitrogen and oxygen atoms in total. The lowest BCUT2D eigenvalue weighted by molar-refractivity contribution is 0.0819. The molecule has 0 radical (unpaired) electrons. The van der Waals surface area contributed by atoms with E-state index in [9.17, 15) is 4.79 Å². The summed E-state index contributed by atoms with van der Waals surface area (Å²) < 4.78 is 11.1. The number of piperidine rings is 1. The average Bonchev–Trinajstić information content (AvgIpc) is 2.54. The minimum atomic E-state index is 0.118. The van der Waals surface area contributed by atoms with Crippen LogP contribution in [0.5, 0.6) is 11.5 Å². The van der Waals surface area contributed by atoms with Gasteiger partial charge in [0, 0.05) is 18.0 Å². The van der Waals surface area contributed by atoms with Crippen LogP contribution in [0, 0.1) is 5.92 Å². The normalized spacial score (nSPS) is 22.0. The summed E-state index contributed by atoms with van der Waals surface area (Å²) in [5.41, 5.74) is 0.752. The van der Waals surface area contributed by atoms with Crippen LogP contribution in [-0.2, 0) is 0 Å². The minimum absolute atomic E-state index is 0.118. The van der Waals surface area contributed by atoms with Crippen molar-refractivity contribution in [3.05, 3.63) is 23.8 Å². The predicted octanol–water partition coefficient (Wildman–Crippen LogP) is 2.76. The van der Waals surface area contributed by atoms with Crippen LogP contribution in [-0.4, -0.2) is 43.5 Å². The molecule has 0 amide bonds. The summed E-state index contributed by atoms with van der Waals surface area (Å²) in [4.78, 5) is 15.1. The lowest BCUT2D eigenvalue weighted by Crippen LogP contribution is -2.39. The first-order valence-corrected chi connectivity index (χ1v) is 7.94. The van der Waals surface area contributed by atoms with Crippen molar-refractivity contribution in [1.29, 1.82) is 0 Å². The number of benzene rings is 1. The Labute approximate surface area is 126 Å². The number of hydrogen-bond donors (Lipinski definition) is 0. The molecule has 1 fully saturated rings. The van der Waals surface area contributed by atoms with Gasteiger partial charge < -0.3 is 14.4 Å². The highest BCUT2D eigenvalue weighted by molar-refractivity contribution is 5.98. The van der Waals surface area contributed by atoms with Gasteiger partial charge in [-0.2, -0.15) is 0 Å². The van der Waals surface area contributed by atoms with E-state index in [0.29, 0.717) is 19.0 Å². The molecule has 1 aromatic rings. The van der Waals surface area contributed by atoms with Crippen molar-refractivity contribution in [3.63, 3.8) is 0 Å². The molecule has 3 rings (SSSR count). The number of hydrogen-bond acceptors (Lipinski definition) is 4. The molecule has 4 heteroatoms. The number of fused-ring (bicyclic) bond motifs is 1. The molecule has 1 atom stereocenters. The van der Waals surface area contributed by atoms with Crippen molar-refractivity contribution in [2.45, 2.75) is 26.2 Å². The summed E-state index contributed by atoms with van der Waals surface area (Å²) in [6.07, 6.45) is 3.25. The van der Waals surface area contributed by atoms with Crippen LogP contribution in [0.4, 0.5) is 0 Å². The van der Waals surface area contributed by atoms with E-state index in [0.717, 1.165) is 50.2 Å². The topological polar surface area (TPSA) is 38.8 Å². The van der Waals surface area contributed by atoms with E-state index in [1.807, 2.05) is 18.2 Å². The van der Waals surface area contributed by atoms with Gasteiger partial charge in [-0.15, -0.1) is 0 Å². The van der Waals surface area contributed by atoms with Crippen molar-refractivity contribution < 1.29 is 14.3 Å². The molecule has 2 aliphatic rings. The van der Waals surface area contributed by atoms with Crippen molar-refractivity contribution in [2.75, 3.05) is 32.8 Å². The van der Waals surface area contributed by atoms with Crippen LogP contribution < -0.4 is 9.47 Å². The first kappa shape index (κ1) is 14.4. The van der Waals surface area contributed by atoms with E-state index in [2.05, 4.69) is 11.8 Å². The number of nitrogens with zero attached hydrogens (tertiary/aromatic N) is 1. The van der Waals surface area contributed by atoms with E-state index in [-0.39, 0.29) is 11.7 Å². The van der Waals surface area contributed by atoms with Gasteiger partial charge in [0.15, 0.2) is 17.3 Å². The molecule has 1 saturated heterocycles. The van der Waals surface area contributed by atoms with Gasteiger partial charge in [0.2, 0.25) is 0 Å². The van der Waals surface area contributed by atoms with Crippen LogP contribution in [0.25, 0.3) is 0 Å². The molecule has 2 aliphatic heterocycles. The van der Waals surface area contributed by atoms with Gasteiger partial charge in [0.1, 0.15) is 13.2 Å². The fraction of sp³-hybridized carbons (Fsp3) is 0.588. The summed E-state index contributed by atoms with van der Waals surface area (Å²) >= 11 is 0. The third-order valence-corrected chi connectivity index (χ3v) is 4.24. The average molecular weight is 289 g/mol. The zero-order valence-corrected chi connectivity index (χ0v) is 12.6. The highest BCUT2D eigenvalue weighted by atomic mass is 16.6. The second-order valence-electron chi connectivity index (χ2n) is 5.86. The van der Waals surface area contributed by atoms with E-state index < -0.39 is 0 Å². The maximum atomic E-state index is 12.7. The predicted molar refractivity (Wildman–Crippen MR) is 81.2 cm³/mol. The number of carbonyl (C=O) groups is 1. The second-order valence-corrected chi connectivity index (χ2v) is 5.86. The molecular formula is C17H23NO3. The second kappa shape index (κ2) is 6.48. The maximum Gasteiger partial charge on any atom is 0.167 e. The molecule has 0 bridgehead atoms. The van der Waals surface area contributed by atoms with Crippen LogP contribution in [0.2, 0.25) is 0 Å². The Kier molecular flexibility index (Phi) is 4.44. The molecule has 1 unspecified atom stereocenters. The number of carbonyl (C=O) groups excluding carboxylic acids is 1. The van der Waals surface area contributed by atoms with Crippen molar-refractivity contribution >= 4 is 5.78 Å². The van der Waals surface area contributed by atoms with Gasteiger partial charge >= 0.3 is 0 Å². The number of ketones is 1. The molecule has 0 saturated carbocycles. The van der Waals surface area contributed by atoms with Crippen molar-refractivity contribution in [1.82, 2.24) is 4.90 Å². The van der Waals surface area contributed by atoms with Gasteiger partial charge in [-0.3, -0.25) is 4.79 Å². The van der Waals surface area contributed by atoms with E-state index in [4.69, 9.17) is 9.47 Å². The summed E-state index contributed by atoms with van der Waals surface area (Å²) in [6, 6.07) is 5.57. The number of likely N-dealkylation sites (tertiary alicyclic amines) is 1. The van der Waals surface area contributed by atoms with Gasteiger partial charge in [-0.05, 0) is 50.6 Å². The smallest absolute Gasteiger partial charge is 0.167 e. The Morgan fingerprint density at radius 1 is 1.29 bits per heavy atom. The molecule has 0 N–H and O–H groups in total. The number of ether oxygens (including phenoxy) is 2. The fourth-order valence-electron chi connectivity index (χ4n) is 3.22. The summed E-state index contributed by atoms with van der Waals surface area (Å²) in [5, 5.41) is 0. The van der Waals surface area contributed by atoms with E-state index in [1.165, 1.54) is 0 Å². The van der Waals surface area contributed by atoms with Crippen molar-refractivity contribution in [2.24, 2.45) is 5.92 Å². The highest BCUT2D eigenvalue weighted by Crippen LogP contribution is 2.32. The largest absolute Gasteiger partial charge is 0.486 e. The van der Waals surface area contributed by atoms with E-state index >= 15 is 0 Å².